The van der Waals surface area contributed by atoms with E-state index < -0.39 is 11.8 Å². The number of carboxylic acid groups (broad SMARTS) is 1. The van der Waals surface area contributed by atoms with Crippen LogP contribution in [0.25, 0.3) is 0 Å². The zero-order valence-electron chi connectivity index (χ0n) is 11.5. The Morgan fingerprint density at radius 1 is 1.30 bits per heavy atom. The van der Waals surface area contributed by atoms with Crippen molar-refractivity contribution in [3.63, 3.8) is 0 Å². The number of benzene rings is 1. The van der Waals surface area contributed by atoms with Crippen molar-refractivity contribution in [3.8, 4) is 0 Å². The van der Waals surface area contributed by atoms with E-state index in [1.54, 1.807) is 13.2 Å². The molecule has 5 nitrogen and oxygen atoms in total. The number of unbranched alkanes of at least 4 members (excludes halogenated alkanes) is 1. The van der Waals surface area contributed by atoms with Gasteiger partial charge in [0.25, 0.3) is 0 Å². The maximum Gasteiger partial charge on any atom is 0.338 e. The Labute approximate surface area is 117 Å². The Bertz CT molecular complexity index is 426. The first kappa shape index (κ1) is 16.4. The molecule has 0 aliphatic rings. The predicted molar refractivity (Wildman–Crippen MR) is 73.8 cm³/mol. The second kappa shape index (κ2) is 9.28. The standard InChI is InChI=1S/C14H20FNO4/c1-19-8-9-20-7-3-2-6-16-11-4-5-12(14(17)18)13(15)10-11/h4-5,10,16H,2-3,6-9H2,1H3,(H,17,18). The highest BCUT2D eigenvalue weighted by Gasteiger charge is 2.09. The van der Waals surface area contributed by atoms with Crippen molar-refractivity contribution in [2.24, 2.45) is 0 Å². The summed E-state index contributed by atoms with van der Waals surface area (Å²) < 4.78 is 23.6. The first-order chi connectivity index (χ1) is 9.65. The molecule has 0 aliphatic carbocycles. The summed E-state index contributed by atoms with van der Waals surface area (Å²) in [5.41, 5.74) is 0.259. The van der Waals surface area contributed by atoms with Crippen molar-refractivity contribution in [3.05, 3.63) is 29.6 Å². The van der Waals surface area contributed by atoms with E-state index >= 15 is 0 Å². The number of methoxy groups -OCH3 is 1. The van der Waals surface area contributed by atoms with E-state index in [0.29, 0.717) is 32.1 Å². The summed E-state index contributed by atoms with van der Waals surface area (Å²) in [6.45, 7) is 2.52. The number of aromatic carboxylic acids is 1. The van der Waals surface area contributed by atoms with Gasteiger partial charge in [-0.2, -0.15) is 0 Å². The Morgan fingerprint density at radius 3 is 2.75 bits per heavy atom. The molecule has 0 saturated heterocycles. The summed E-state index contributed by atoms with van der Waals surface area (Å²) in [5, 5.41) is 11.7. The van der Waals surface area contributed by atoms with Gasteiger partial charge in [-0.05, 0) is 31.0 Å². The Morgan fingerprint density at radius 2 is 2.10 bits per heavy atom. The third kappa shape index (κ3) is 5.99. The highest BCUT2D eigenvalue weighted by molar-refractivity contribution is 5.88. The van der Waals surface area contributed by atoms with Gasteiger partial charge in [0.2, 0.25) is 0 Å². The molecule has 0 amide bonds. The van der Waals surface area contributed by atoms with Gasteiger partial charge in [-0.25, -0.2) is 9.18 Å². The van der Waals surface area contributed by atoms with Gasteiger partial charge in [-0.3, -0.25) is 0 Å². The van der Waals surface area contributed by atoms with E-state index in [-0.39, 0.29) is 5.56 Å². The Balaban J connectivity index is 2.19. The van der Waals surface area contributed by atoms with E-state index in [2.05, 4.69) is 5.32 Å². The summed E-state index contributed by atoms with van der Waals surface area (Å²) in [7, 11) is 1.63. The lowest BCUT2D eigenvalue weighted by Crippen LogP contribution is -2.07. The van der Waals surface area contributed by atoms with Crippen molar-refractivity contribution in [1.82, 2.24) is 0 Å². The van der Waals surface area contributed by atoms with E-state index in [1.165, 1.54) is 12.1 Å². The van der Waals surface area contributed by atoms with Gasteiger partial charge in [0.15, 0.2) is 0 Å². The highest BCUT2D eigenvalue weighted by Crippen LogP contribution is 2.14. The number of anilines is 1. The fourth-order valence-electron chi connectivity index (χ4n) is 1.60. The summed E-state index contributed by atoms with van der Waals surface area (Å²) >= 11 is 0. The topological polar surface area (TPSA) is 67.8 Å². The van der Waals surface area contributed by atoms with Crippen LogP contribution in [-0.2, 0) is 9.47 Å². The molecule has 0 radical (unpaired) electrons. The molecule has 0 bridgehead atoms. The molecule has 1 aromatic carbocycles. The van der Waals surface area contributed by atoms with Crippen LogP contribution in [0.3, 0.4) is 0 Å². The maximum absolute atomic E-state index is 13.4. The summed E-state index contributed by atoms with van der Waals surface area (Å²) in [4.78, 5) is 10.7. The molecule has 0 fully saturated rings. The smallest absolute Gasteiger partial charge is 0.338 e. The van der Waals surface area contributed by atoms with Gasteiger partial charge in [0, 0.05) is 25.9 Å². The zero-order chi connectivity index (χ0) is 14.8. The molecule has 0 aliphatic heterocycles. The van der Waals surface area contributed by atoms with E-state index in [0.717, 1.165) is 12.8 Å². The molecular formula is C14H20FNO4. The second-order valence-corrected chi connectivity index (χ2v) is 4.24. The van der Waals surface area contributed by atoms with Crippen molar-refractivity contribution in [1.29, 1.82) is 0 Å². The van der Waals surface area contributed by atoms with Crippen molar-refractivity contribution < 1.29 is 23.8 Å². The number of carbonyl (C=O) groups is 1. The van der Waals surface area contributed by atoms with Gasteiger partial charge in [-0.1, -0.05) is 0 Å². The van der Waals surface area contributed by atoms with Crippen LogP contribution in [0.1, 0.15) is 23.2 Å². The summed E-state index contributed by atoms with van der Waals surface area (Å²) in [6.07, 6.45) is 1.78. The molecule has 1 rings (SSSR count). The fourth-order valence-corrected chi connectivity index (χ4v) is 1.60. The van der Waals surface area contributed by atoms with Crippen molar-refractivity contribution in [2.75, 3.05) is 38.8 Å². The lowest BCUT2D eigenvalue weighted by Gasteiger charge is -2.08. The van der Waals surface area contributed by atoms with Gasteiger partial charge < -0.3 is 19.9 Å². The molecule has 112 valence electrons. The van der Waals surface area contributed by atoms with Crippen LogP contribution in [0.5, 0.6) is 0 Å². The Kier molecular flexibility index (Phi) is 7.60. The molecule has 0 saturated carbocycles. The van der Waals surface area contributed by atoms with Crippen LogP contribution in [-0.4, -0.2) is 44.6 Å². The summed E-state index contributed by atoms with van der Waals surface area (Å²) in [5.74, 6) is -1.99. The third-order valence-electron chi connectivity index (χ3n) is 2.68. The fraction of sp³-hybridized carbons (Fsp3) is 0.500. The van der Waals surface area contributed by atoms with Crippen molar-refractivity contribution in [2.45, 2.75) is 12.8 Å². The average molecular weight is 285 g/mol. The van der Waals surface area contributed by atoms with Crippen LogP contribution in [0.15, 0.2) is 18.2 Å². The number of carboxylic acids is 1. The lowest BCUT2D eigenvalue weighted by atomic mass is 10.2. The monoisotopic (exact) mass is 285 g/mol. The normalized spacial score (nSPS) is 10.5. The predicted octanol–water partition coefficient (Wildman–Crippen LogP) is 2.38. The van der Waals surface area contributed by atoms with E-state index in [1.807, 2.05) is 0 Å². The third-order valence-corrected chi connectivity index (χ3v) is 2.68. The minimum atomic E-state index is -1.26. The molecule has 0 aromatic heterocycles. The van der Waals surface area contributed by atoms with Crippen LogP contribution in [0, 0.1) is 5.82 Å². The maximum atomic E-state index is 13.4. The number of hydrogen-bond acceptors (Lipinski definition) is 4. The molecule has 0 heterocycles. The second-order valence-electron chi connectivity index (χ2n) is 4.24. The van der Waals surface area contributed by atoms with Gasteiger partial charge in [-0.15, -0.1) is 0 Å². The molecular weight excluding hydrogens is 265 g/mol. The minimum absolute atomic E-state index is 0.318. The number of rotatable bonds is 10. The number of hydrogen-bond donors (Lipinski definition) is 2. The number of ether oxygens (including phenoxy) is 2. The molecule has 20 heavy (non-hydrogen) atoms. The first-order valence-corrected chi connectivity index (χ1v) is 6.48. The largest absolute Gasteiger partial charge is 0.478 e. The molecule has 1 aromatic rings. The van der Waals surface area contributed by atoms with Crippen LogP contribution >= 0.6 is 0 Å². The Hall–Kier alpha value is -1.66. The quantitative estimate of drug-likeness (QED) is 0.646. The van der Waals surface area contributed by atoms with E-state index in [9.17, 15) is 9.18 Å². The minimum Gasteiger partial charge on any atom is -0.478 e. The van der Waals surface area contributed by atoms with Crippen LogP contribution in [0.4, 0.5) is 10.1 Å². The SMILES string of the molecule is COCCOCCCCNc1ccc(C(=O)O)c(F)c1. The first-order valence-electron chi connectivity index (χ1n) is 6.48. The van der Waals surface area contributed by atoms with E-state index in [4.69, 9.17) is 14.6 Å². The van der Waals surface area contributed by atoms with Crippen LogP contribution in [0.2, 0.25) is 0 Å². The molecule has 0 unspecified atom stereocenters. The van der Waals surface area contributed by atoms with Gasteiger partial charge in [0.1, 0.15) is 5.82 Å². The lowest BCUT2D eigenvalue weighted by molar-refractivity contribution is 0.0690. The van der Waals surface area contributed by atoms with Gasteiger partial charge in [0.05, 0.1) is 18.8 Å². The van der Waals surface area contributed by atoms with Crippen LogP contribution < -0.4 is 5.32 Å². The van der Waals surface area contributed by atoms with Gasteiger partial charge >= 0.3 is 5.97 Å². The molecule has 0 atom stereocenters. The molecule has 0 spiro atoms. The average Bonchev–Trinajstić information content (AvgIpc) is 2.41. The van der Waals surface area contributed by atoms with Crippen molar-refractivity contribution >= 4 is 11.7 Å². The summed E-state index contributed by atoms with van der Waals surface area (Å²) in [6, 6.07) is 4.01. The molecule has 2 N–H and O–H groups in total. The zero-order valence-corrected chi connectivity index (χ0v) is 11.5. The number of nitrogens with one attached hydrogen (secondary N) is 1. The number of halogens is 1. The molecule has 6 heteroatoms. The highest BCUT2D eigenvalue weighted by atomic mass is 19.1.